The zero-order valence-corrected chi connectivity index (χ0v) is 23.3. The summed E-state index contributed by atoms with van der Waals surface area (Å²) in [6.45, 7) is 1.92. The number of rotatable bonds is 9. The molecule has 0 aliphatic carbocycles. The molecule has 41 heavy (non-hydrogen) atoms. The third kappa shape index (κ3) is 4.69. The Hall–Kier alpha value is -3.75. The molecule has 6 rings (SSSR count). The van der Waals surface area contributed by atoms with E-state index in [1.807, 2.05) is 78.9 Å². The van der Waals surface area contributed by atoms with Gasteiger partial charge < -0.3 is 28.8 Å². The van der Waals surface area contributed by atoms with Crippen molar-refractivity contribution in [2.45, 2.75) is 36.4 Å². The van der Waals surface area contributed by atoms with Crippen LogP contribution in [0.15, 0.2) is 97.1 Å². The average molecular weight is 557 g/mol. The summed E-state index contributed by atoms with van der Waals surface area (Å²) in [5.74, 6) is 1.16. The van der Waals surface area contributed by atoms with Crippen molar-refractivity contribution in [3.8, 4) is 11.5 Å². The molecule has 4 atom stereocenters. The molecule has 2 bridgehead atoms. The maximum absolute atomic E-state index is 14.0. The first-order valence-corrected chi connectivity index (χ1v) is 13.6. The van der Waals surface area contributed by atoms with Crippen LogP contribution in [0.2, 0.25) is 0 Å². The van der Waals surface area contributed by atoms with Crippen LogP contribution in [-0.4, -0.2) is 50.3 Å². The van der Waals surface area contributed by atoms with E-state index in [-0.39, 0.29) is 19.0 Å². The van der Waals surface area contributed by atoms with Crippen molar-refractivity contribution in [1.82, 2.24) is 0 Å². The normalized spacial score (nSPS) is 23.5. The van der Waals surface area contributed by atoms with Crippen molar-refractivity contribution in [3.05, 3.63) is 131 Å². The minimum absolute atomic E-state index is 0.0360. The Kier molecular flexibility index (Phi) is 7.30. The van der Waals surface area contributed by atoms with E-state index in [2.05, 4.69) is 0 Å². The Bertz CT molecular complexity index is 1440. The molecule has 2 aliphatic rings. The van der Waals surface area contributed by atoms with Crippen LogP contribution in [0, 0.1) is 12.7 Å². The maximum Gasteiger partial charge on any atom is 0.144 e. The predicted octanol–water partition coefficient (Wildman–Crippen LogP) is 5.73. The van der Waals surface area contributed by atoms with E-state index in [1.165, 1.54) is 6.07 Å². The summed E-state index contributed by atoms with van der Waals surface area (Å²) in [5.41, 5.74) is 1.74. The third-order valence-electron chi connectivity index (χ3n) is 8.25. The van der Waals surface area contributed by atoms with E-state index in [0.29, 0.717) is 5.56 Å². The number of hydrogen-bond donors (Lipinski definition) is 1. The van der Waals surface area contributed by atoms with E-state index in [1.54, 1.807) is 33.3 Å². The topological polar surface area (TPSA) is 66.4 Å². The monoisotopic (exact) mass is 556 g/mol. The molecule has 4 aromatic carbocycles. The van der Waals surface area contributed by atoms with Gasteiger partial charge in [-0.15, -0.1) is 0 Å². The molecule has 0 amide bonds. The lowest BCUT2D eigenvalue weighted by molar-refractivity contribution is -0.184. The number of aliphatic hydroxyl groups excluding tert-OH is 1. The molecule has 212 valence electrons. The fourth-order valence-corrected chi connectivity index (χ4v) is 5.96. The van der Waals surface area contributed by atoms with E-state index < -0.39 is 29.5 Å². The minimum atomic E-state index is -1.11. The van der Waals surface area contributed by atoms with Crippen LogP contribution < -0.4 is 9.47 Å². The lowest BCUT2D eigenvalue weighted by Crippen LogP contribution is -2.48. The van der Waals surface area contributed by atoms with E-state index in [4.69, 9.17) is 23.7 Å². The van der Waals surface area contributed by atoms with Crippen molar-refractivity contribution in [2.75, 3.05) is 27.4 Å². The highest BCUT2D eigenvalue weighted by molar-refractivity contribution is 5.50. The number of fused-ring (bicyclic) bond motifs is 2. The summed E-state index contributed by atoms with van der Waals surface area (Å²) >= 11 is 0. The van der Waals surface area contributed by atoms with Crippen molar-refractivity contribution in [1.29, 1.82) is 0 Å². The summed E-state index contributed by atoms with van der Waals surface area (Å²) in [6.07, 6.45) is -2.07. The predicted molar refractivity (Wildman–Crippen MR) is 152 cm³/mol. The molecule has 0 aromatic heterocycles. The number of hydrogen-bond acceptors (Lipinski definition) is 6. The number of benzene rings is 4. The zero-order valence-electron chi connectivity index (χ0n) is 23.3. The molecule has 6 nitrogen and oxygen atoms in total. The second kappa shape index (κ2) is 10.9. The Balaban J connectivity index is 1.42. The van der Waals surface area contributed by atoms with Crippen molar-refractivity contribution >= 4 is 0 Å². The molecule has 2 saturated heterocycles. The van der Waals surface area contributed by atoms with Crippen molar-refractivity contribution in [3.63, 3.8) is 0 Å². The van der Waals surface area contributed by atoms with Gasteiger partial charge in [0.1, 0.15) is 46.8 Å². The lowest BCUT2D eigenvalue weighted by atomic mass is 9.79. The second-order valence-electron chi connectivity index (χ2n) is 10.6. The quantitative estimate of drug-likeness (QED) is 0.266. The first-order chi connectivity index (χ1) is 19.9. The Labute approximate surface area is 239 Å². The van der Waals surface area contributed by atoms with Gasteiger partial charge in [0.2, 0.25) is 0 Å². The number of methoxy groups -OCH3 is 2. The van der Waals surface area contributed by atoms with Gasteiger partial charge >= 0.3 is 0 Å². The molecule has 0 saturated carbocycles. The first kappa shape index (κ1) is 27.4. The maximum atomic E-state index is 14.0. The van der Waals surface area contributed by atoms with Crippen LogP contribution >= 0.6 is 0 Å². The van der Waals surface area contributed by atoms with Crippen LogP contribution in [0.5, 0.6) is 11.5 Å². The van der Waals surface area contributed by atoms with E-state index in [9.17, 15) is 9.50 Å². The SMILES string of the molecule is COc1ccc(C(OC[C@@]23CO[C@@H]([C@H](c4ccc(F)c(C)c4)O2)[C@@H]3O)(c2ccccc2)c2ccc(OC)cc2)cc1. The fraction of sp³-hybridized carbons (Fsp3) is 0.294. The Morgan fingerprint density at radius 3 is 2.00 bits per heavy atom. The lowest BCUT2D eigenvalue weighted by Gasteiger charge is -2.39. The van der Waals surface area contributed by atoms with Crippen LogP contribution in [0.1, 0.15) is 33.9 Å². The van der Waals surface area contributed by atoms with Crippen LogP contribution in [0.3, 0.4) is 0 Å². The number of aryl methyl sites for hydroxylation is 1. The van der Waals surface area contributed by atoms with E-state index >= 15 is 0 Å². The van der Waals surface area contributed by atoms with Crippen LogP contribution in [0.4, 0.5) is 4.39 Å². The molecule has 2 heterocycles. The molecular formula is C34H33FO6. The van der Waals surface area contributed by atoms with Gasteiger partial charge in [0.15, 0.2) is 0 Å². The molecular weight excluding hydrogens is 523 g/mol. The number of aliphatic hydroxyl groups is 1. The summed E-state index contributed by atoms with van der Waals surface area (Å²) in [5, 5.41) is 11.4. The molecule has 4 aromatic rings. The fourth-order valence-electron chi connectivity index (χ4n) is 5.96. The van der Waals surface area contributed by atoms with Crippen molar-refractivity contribution in [2.24, 2.45) is 0 Å². The highest BCUT2D eigenvalue weighted by Crippen LogP contribution is 2.50. The number of ether oxygens (including phenoxy) is 5. The summed E-state index contributed by atoms with van der Waals surface area (Å²) in [7, 11) is 3.26. The molecule has 0 spiro atoms. The van der Waals surface area contributed by atoms with E-state index in [0.717, 1.165) is 33.8 Å². The first-order valence-electron chi connectivity index (χ1n) is 13.6. The zero-order chi connectivity index (χ0) is 28.6. The van der Waals surface area contributed by atoms with Gasteiger partial charge in [0, 0.05) is 0 Å². The van der Waals surface area contributed by atoms with Gasteiger partial charge in [-0.1, -0.05) is 66.7 Å². The summed E-state index contributed by atoms with van der Waals surface area (Å²) < 4.78 is 44.5. The third-order valence-corrected chi connectivity index (χ3v) is 8.25. The molecule has 2 aliphatic heterocycles. The van der Waals surface area contributed by atoms with Gasteiger partial charge in [0.05, 0.1) is 27.4 Å². The molecule has 7 heteroatoms. The smallest absolute Gasteiger partial charge is 0.144 e. The second-order valence-corrected chi connectivity index (χ2v) is 10.6. The van der Waals surface area contributed by atoms with Crippen LogP contribution in [0.25, 0.3) is 0 Å². The summed E-state index contributed by atoms with van der Waals surface area (Å²) in [4.78, 5) is 0. The standard InChI is InChI=1S/C34H33FO6/c1-22-19-23(9-18-29(22)35)30-31-32(36)33(41-30,20-39-31)21-40-34(24-7-5-4-6-8-24,25-10-14-27(37-2)15-11-25)26-12-16-28(38-3)17-13-26/h4-19,30-32,36H,20-21H2,1-3H3/t30-,31-,32-,33+/m0/s1. The van der Waals surface area contributed by atoms with Gasteiger partial charge in [-0.25, -0.2) is 4.39 Å². The average Bonchev–Trinajstić information content (AvgIpc) is 3.48. The minimum Gasteiger partial charge on any atom is -0.497 e. The molecule has 0 radical (unpaired) electrons. The van der Waals surface area contributed by atoms with Crippen molar-refractivity contribution < 1.29 is 33.2 Å². The van der Waals surface area contributed by atoms with Crippen LogP contribution in [-0.2, 0) is 19.8 Å². The van der Waals surface area contributed by atoms with Gasteiger partial charge in [-0.2, -0.15) is 0 Å². The Morgan fingerprint density at radius 1 is 0.854 bits per heavy atom. The highest BCUT2D eigenvalue weighted by Gasteiger charge is 2.62. The number of halogens is 1. The van der Waals surface area contributed by atoms with Gasteiger partial charge in [-0.3, -0.25) is 0 Å². The van der Waals surface area contributed by atoms with Gasteiger partial charge in [0.25, 0.3) is 0 Å². The summed E-state index contributed by atoms with van der Waals surface area (Å²) in [6, 6.07) is 30.4. The molecule has 0 unspecified atom stereocenters. The highest BCUT2D eigenvalue weighted by atomic mass is 19.1. The Morgan fingerprint density at radius 2 is 1.44 bits per heavy atom. The molecule has 2 fully saturated rings. The van der Waals surface area contributed by atoms with Gasteiger partial charge in [-0.05, 0) is 65.1 Å². The molecule has 1 N–H and O–H groups in total. The largest absolute Gasteiger partial charge is 0.497 e.